The number of rotatable bonds is 8. The van der Waals surface area contributed by atoms with Crippen LogP contribution in [0.2, 0.25) is 0 Å². The van der Waals surface area contributed by atoms with Gasteiger partial charge in [-0.2, -0.15) is 13.2 Å². The van der Waals surface area contributed by atoms with Crippen molar-refractivity contribution in [3.05, 3.63) is 94.8 Å². The third-order valence-corrected chi connectivity index (χ3v) is 6.12. The number of aryl methyl sites for hydroxylation is 3. The largest absolute Gasteiger partial charge is 0.458 e. The van der Waals surface area contributed by atoms with Crippen LogP contribution < -0.4 is 0 Å². The van der Waals surface area contributed by atoms with E-state index in [0.29, 0.717) is 11.4 Å². The topological polar surface area (TPSA) is 25.8 Å². The first-order valence-corrected chi connectivity index (χ1v) is 12.1. The predicted octanol–water partition coefficient (Wildman–Crippen LogP) is 8.01. The standard InChI is InChI=1S/C30H25F5N2/c1-2-3-4-5-20-6-8-21(9-7-20)10-11-22-18-36-29(37-19-22)23-12-13-25-24(16-23)17-27(31)26(28(25)32)14-15-30(33,34)35/h6-9,12-13,16-19H,2-5,10-11H2,1H3. The average Bonchev–Trinajstić information content (AvgIpc) is 2.87. The van der Waals surface area contributed by atoms with Crippen molar-refractivity contribution in [1.29, 1.82) is 0 Å². The Kier molecular flexibility index (Phi) is 8.17. The quantitative estimate of drug-likeness (QED) is 0.137. The number of fused-ring (bicyclic) bond motifs is 1. The zero-order valence-electron chi connectivity index (χ0n) is 20.3. The molecule has 0 bridgehead atoms. The van der Waals surface area contributed by atoms with Crippen molar-refractivity contribution in [2.75, 3.05) is 0 Å². The summed E-state index contributed by atoms with van der Waals surface area (Å²) in [6.07, 6.45) is 4.99. The number of aromatic nitrogens is 2. The van der Waals surface area contributed by atoms with Gasteiger partial charge in [0.1, 0.15) is 11.6 Å². The van der Waals surface area contributed by atoms with Gasteiger partial charge in [0.25, 0.3) is 0 Å². The molecule has 4 aromatic rings. The van der Waals surface area contributed by atoms with Gasteiger partial charge >= 0.3 is 6.18 Å². The van der Waals surface area contributed by atoms with Crippen LogP contribution >= 0.6 is 0 Å². The zero-order chi connectivity index (χ0) is 26.4. The summed E-state index contributed by atoms with van der Waals surface area (Å²) in [7, 11) is 0. The van der Waals surface area contributed by atoms with Crippen molar-refractivity contribution in [3.8, 4) is 23.2 Å². The molecule has 1 heterocycles. The van der Waals surface area contributed by atoms with Crippen molar-refractivity contribution in [2.45, 2.75) is 51.6 Å². The molecule has 0 aliphatic heterocycles. The molecule has 0 amide bonds. The van der Waals surface area contributed by atoms with E-state index in [-0.39, 0.29) is 10.8 Å². The smallest absolute Gasteiger partial charge is 0.236 e. The monoisotopic (exact) mass is 508 g/mol. The Bertz CT molecular complexity index is 1430. The molecule has 0 aliphatic rings. The van der Waals surface area contributed by atoms with Crippen molar-refractivity contribution in [2.24, 2.45) is 0 Å². The van der Waals surface area contributed by atoms with Crippen LogP contribution in [0, 0.1) is 23.5 Å². The summed E-state index contributed by atoms with van der Waals surface area (Å²) in [4.78, 5) is 8.79. The van der Waals surface area contributed by atoms with Crippen LogP contribution in [0.25, 0.3) is 22.2 Å². The Morgan fingerprint density at radius 1 is 0.784 bits per heavy atom. The molecule has 0 fully saturated rings. The van der Waals surface area contributed by atoms with E-state index in [1.807, 2.05) is 0 Å². The van der Waals surface area contributed by atoms with Crippen LogP contribution in [0.4, 0.5) is 22.0 Å². The molecule has 0 radical (unpaired) electrons. The van der Waals surface area contributed by atoms with Gasteiger partial charge in [-0.1, -0.05) is 62.1 Å². The van der Waals surface area contributed by atoms with Crippen molar-refractivity contribution in [3.63, 3.8) is 0 Å². The number of halogens is 5. The number of unbranched alkanes of at least 4 members (excludes halogenated alkanes) is 2. The Labute approximate surface area is 212 Å². The molecule has 0 aliphatic carbocycles. The summed E-state index contributed by atoms with van der Waals surface area (Å²) in [5.41, 5.74) is 3.17. The lowest BCUT2D eigenvalue weighted by molar-refractivity contribution is -0.0696. The van der Waals surface area contributed by atoms with Gasteiger partial charge < -0.3 is 0 Å². The first-order chi connectivity index (χ1) is 17.7. The maximum absolute atomic E-state index is 14.7. The van der Waals surface area contributed by atoms with Crippen LogP contribution in [0.5, 0.6) is 0 Å². The molecule has 37 heavy (non-hydrogen) atoms. The Balaban J connectivity index is 1.45. The Morgan fingerprint density at radius 3 is 2.08 bits per heavy atom. The van der Waals surface area contributed by atoms with Gasteiger partial charge in [-0.3, -0.25) is 0 Å². The minimum Gasteiger partial charge on any atom is -0.236 e. The summed E-state index contributed by atoms with van der Waals surface area (Å²) >= 11 is 0. The third-order valence-electron chi connectivity index (χ3n) is 6.12. The van der Waals surface area contributed by atoms with E-state index in [1.54, 1.807) is 24.4 Å². The fraction of sp³-hybridized carbons (Fsp3) is 0.267. The highest BCUT2D eigenvalue weighted by molar-refractivity contribution is 5.88. The minimum atomic E-state index is -4.85. The molecule has 0 spiro atoms. The summed E-state index contributed by atoms with van der Waals surface area (Å²) < 4.78 is 66.0. The number of alkyl halides is 3. The first kappa shape index (κ1) is 26.3. The molecule has 2 nitrogen and oxygen atoms in total. The third kappa shape index (κ3) is 6.91. The maximum atomic E-state index is 14.7. The van der Waals surface area contributed by atoms with Crippen LogP contribution in [0.3, 0.4) is 0 Å². The second-order valence-corrected chi connectivity index (χ2v) is 8.92. The average molecular weight is 509 g/mol. The molecule has 0 atom stereocenters. The number of hydrogen-bond acceptors (Lipinski definition) is 2. The SMILES string of the molecule is CCCCCc1ccc(CCc2cnc(-c3ccc4c(F)c(C#CC(F)(F)F)c(F)cc4c3)nc2)cc1. The maximum Gasteiger partial charge on any atom is 0.458 e. The first-order valence-electron chi connectivity index (χ1n) is 12.1. The minimum absolute atomic E-state index is 0.0374. The summed E-state index contributed by atoms with van der Waals surface area (Å²) in [6.45, 7) is 2.20. The van der Waals surface area contributed by atoms with Gasteiger partial charge in [0.2, 0.25) is 0 Å². The van der Waals surface area contributed by atoms with E-state index in [9.17, 15) is 22.0 Å². The fourth-order valence-corrected chi connectivity index (χ4v) is 4.09. The van der Waals surface area contributed by atoms with Crippen LogP contribution in [0.15, 0.2) is 60.9 Å². The van der Waals surface area contributed by atoms with Crippen LogP contribution in [0.1, 0.15) is 48.4 Å². The highest BCUT2D eigenvalue weighted by atomic mass is 19.4. The van der Waals surface area contributed by atoms with Crippen molar-refractivity contribution in [1.82, 2.24) is 9.97 Å². The number of nitrogens with zero attached hydrogens (tertiary/aromatic N) is 2. The lowest BCUT2D eigenvalue weighted by Crippen LogP contribution is -2.02. The molecule has 3 aromatic carbocycles. The van der Waals surface area contributed by atoms with Crippen LogP contribution in [-0.2, 0) is 19.3 Å². The fourth-order valence-electron chi connectivity index (χ4n) is 4.09. The lowest BCUT2D eigenvalue weighted by Gasteiger charge is -2.08. The molecule has 1 aromatic heterocycles. The molecule has 7 heteroatoms. The van der Waals surface area contributed by atoms with Gasteiger partial charge in [-0.05, 0) is 59.9 Å². The van der Waals surface area contributed by atoms with Crippen molar-refractivity contribution >= 4 is 10.8 Å². The van der Waals surface area contributed by atoms with E-state index < -0.39 is 23.4 Å². The molecular formula is C30H25F5N2. The number of benzene rings is 3. The highest BCUT2D eigenvalue weighted by Gasteiger charge is 2.24. The van der Waals surface area contributed by atoms with E-state index >= 15 is 0 Å². The predicted molar refractivity (Wildman–Crippen MR) is 135 cm³/mol. The summed E-state index contributed by atoms with van der Waals surface area (Å²) in [5.74, 6) is 0.542. The molecule has 0 unspecified atom stereocenters. The van der Waals surface area contributed by atoms with Gasteiger partial charge in [0.15, 0.2) is 5.82 Å². The molecule has 4 rings (SSSR count). The molecule has 0 N–H and O–H groups in total. The van der Waals surface area contributed by atoms with E-state index in [2.05, 4.69) is 41.2 Å². The zero-order valence-corrected chi connectivity index (χ0v) is 20.3. The van der Waals surface area contributed by atoms with E-state index in [0.717, 1.165) is 36.8 Å². The normalized spacial score (nSPS) is 11.4. The Morgan fingerprint density at radius 2 is 1.43 bits per heavy atom. The Hall–Kier alpha value is -3.79. The van der Waals surface area contributed by atoms with Gasteiger partial charge in [-0.15, -0.1) is 0 Å². The van der Waals surface area contributed by atoms with Gasteiger partial charge in [-0.25, -0.2) is 18.7 Å². The van der Waals surface area contributed by atoms with Crippen LogP contribution in [-0.4, -0.2) is 16.1 Å². The lowest BCUT2D eigenvalue weighted by atomic mass is 10.0. The van der Waals surface area contributed by atoms with E-state index in [4.69, 9.17) is 0 Å². The second kappa shape index (κ2) is 11.5. The van der Waals surface area contributed by atoms with Gasteiger partial charge in [0.05, 0.1) is 5.56 Å². The molecular weight excluding hydrogens is 483 g/mol. The second-order valence-electron chi connectivity index (χ2n) is 8.92. The van der Waals surface area contributed by atoms with Gasteiger partial charge in [0, 0.05) is 29.3 Å². The highest BCUT2D eigenvalue weighted by Crippen LogP contribution is 2.28. The van der Waals surface area contributed by atoms with E-state index in [1.165, 1.54) is 42.5 Å². The summed E-state index contributed by atoms with van der Waals surface area (Å²) in [5, 5.41) is 0.139. The van der Waals surface area contributed by atoms with Crippen molar-refractivity contribution < 1.29 is 22.0 Å². The number of hydrogen-bond donors (Lipinski definition) is 0. The molecule has 0 saturated carbocycles. The molecule has 190 valence electrons. The molecule has 0 saturated heterocycles. The summed E-state index contributed by atoms with van der Waals surface area (Å²) in [6, 6.07) is 14.0.